The summed E-state index contributed by atoms with van der Waals surface area (Å²) in [6.45, 7) is 0. The van der Waals surface area contributed by atoms with E-state index in [1.54, 1.807) is 37.5 Å². The van der Waals surface area contributed by atoms with Crippen LogP contribution < -0.4 is 4.74 Å². The van der Waals surface area contributed by atoms with Crippen molar-refractivity contribution >= 4 is 11.6 Å². The molecule has 0 amide bonds. The Morgan fingerprint density at radius 3 is 2.48 bits per heavy atom. The number of hydrogen-bond donors (Lipinski definition) is 0. The normalized spacial score (nSPS) is 11.4. The molecule has 0 saturated carbocycles. The molecule has 104 valence electrons. The number of rotatable bonds is 4. The molecule has 0 heterocycles. The highest BCUT2D eigenvalue weighted by molar-refractivity contribution is 5.78. The van der Waals surface area contributed by atoms with Gasteiger partial charge in [0.05, 0.1) is 18.8 Å². The lowest BCUT2D eigenvalue weighted by Crippen LogP contribution is -1.86. The molecule has 0 aromatic heterocycles. The zero-order valence-corrected chi connectivity index (χ0v) is 11.6. The van der Waals surface area contributed by atoms with Gasteiger partial charge in [0.25, 0.3) is 0 Å². The third-order valence-electron chi connectivity index (χ3n) is 2.95. The molecule has 0 saturated heterocycles. The molecule has 2 aromatic rings. The summed E-state index contributed by atoms with van der Waals surface area (Å²) in [4.78, 5) is 0. The van der Waals surface area contributed by atoms with E-state index >= 15 is 0 Å². The molecule has 0 bridgehead atoms. The Labute approximate surface area is 123 Å². The van der Waals surface area contributed by atoms with Gasteiger partial charge in [-0.15, -0.1) is 0 Å². The third kappa shape index (κ3) is 3.80. The van der Waals surface area contributed by atoms with Gasteiger partial charge in [0.2, 0.25) is 0 Å². The number of benzene rings is 2. The molecule has 0 N–H and O–H groups in total. The molecule has 2 aromatic carbocycles. The molecular formula is C18H14FNO. The van der Waals surface area contributed by atoms with Crippen LogP contribution in [0, 0.1) is 17.1 Å². The molecule has 0 unspecified atom stereocenters. The van der Waals surface area contributed by atoms with E-state index in [1.165, 1.54) is 6.07 Å². The Morgan fingerprint density at radius 2 is 1.86 bits per heavy atom. The zero-order chi connectivity index (χ0) is 15.1. The smallest absolute Gasteiger partial charge is 0.131 e. The van der Waals surface area contributed by atoms with Crippen molar-refractivity contribution in [3.05, 3.63) is 77.6 Å². The first-order chi connectivity index (χ1) is 10.2. The van der Waals surface area contributed by atoms with Crippen LogP contribution in [0.15, 0.2) is 60.7 Å². The summed E-state index contributed by atoms with van der Waals surface area (Å²) < 4.78 is 18.7. The average Bonchev–Trinajstić information content (AvgIpc) is 2.53. The van der Waals surface area contributed by atoms with Gasteiger partial charge in [-0.25, -0.2) is 4.39 Å². The SMILES string of the molecule is COc1ccc(C=CC=C(C#N)c2ccccc2F)cc1. The maximum Gasteiger partial charge on any atom is 0.131 e. The number of hydrogen-bond acceptors (Lipinski definition) is 2. The second-order valence-corrected chi connectivity index (χ2v) is 4.30. The number of allylic oxidation sites excluding steroid dienone is 3. The van der Waals surface area contributed by atoms with Crippen molar-refractivity contribution in [1.29, 1.82) is 5.26 Å². The van der Waals surface area contributed by atoms with E-state index in [4.69, 9.17) is 10.00 Å². The van der Waals surface area contributed by atoms with Gasteiger partial charge in [-0.2, -0.15) is 5.26 Å². The van der Waals surface area contributed by atoms with Crippen molar-refractivity contribution in [2.45, 2.75) is 0 Å². The van der Waals surface area contributed by atoms with Crippen LogP contribution in [0.3, 0.4) is 0 Å². The van der Waals surface area contributed by atoms with Gasteiger partial charge < -0.3 is 4.74 Å². The maximum atomic E-state index is 13.6. The van der Waals surface area contributed by atoms with Crippen molar-refractivity contribution in [3.63, 3.8) is 0 Å². The zero-order valence-electron chi connectivity index (χ0n) is 11.6. The predicted molar refractivity (Wildman–Crippen MR) is 82.0 cm³/mol. The predicted octanol–water partition coefficient (Wildman–Crippen LogP) is 4.45. The molecule has 0 spiro atoms. The molecule has 2 rings (SSSR count). The molecule has 0 atom stereocenters. The standard InChI is InChI=1S/C18H14FNO/c1-21-16-11-9-14(10-12-16)5-4-6-15(13-20)17-7-2-3-8-18(17)19/h2-12H,1H3. The number of nitriles is 1. The molecule has 21 heavy (non-hydrogen) atoms. The van der Waals surface area contributed by atoms with E-state index in [0.717, 1.165) is 11.3 Å². The monoisotopic (exact) mass is 279 g/mol. The van der Waals surface area contributed by atoms with Crippen LogP contribution in [-0.2, 0) is 0 Å². The Morgan fingerprint density at radius 1 is 1.14 bits per heavy atom. The van der Waals surface area contributed by atoms with Gasteiger partial charge in [-0.1, -0.05) is 42.5 Å². The summed E-state index contributed by atoms with van der Waals surface area (Å²) in [7, 11) is 1.61. The lowest BCUT2D eigenvalue weighted by Gasteiger charge is -2.00. The minimum absolute atomic E-state index is 0.290. The van der Waals surface area contributed by atoms with Crippen molar-refractivity contribution in [2.24, 2.45) is 0 Å². The highest BCUT2D eigenvalue weighted by atomic mass is 19.1. The Bertz CT molecular complexity index is 709. The molecule has 0 aliphatic heterocycles. The lowest BCUT2D eigenvalue weighted by molar-refractivity contribution is 0.415. The molecule has 0 aliphatic carbocycles. The average molecular weight is 279 g/mol. The fraction of sp³-hybridized carbons (Fsp3) is 0.0556. The van der Waals surface area contributed by atoms with E-state index in [2.05, 4.69) is 0 Å². The topological polar surface area (TPSA) is 33.0 Å². The van der Waals surface area contributed by atoms with Crippen molar-refractivity contribution in [1.82, 2.24) is 0 Å². The van der Waals surface area contributed by atoms with Crippen LogP contribution in [0.1, 0.15) is 11.1 Å². The molecule has 0 fully saturated rings. The van der Waals surface area contributed by atoms with Gasteiger partial charge in [0, 0.05) is 5.56 Å². The minimum atomic E-state index is -0.400. The Balaban J connectivity index is 2.19. The van der Waals surface area contributed by atoms with Crippen LogP contribution in [0.4, 0.5) is 4.39 Å². The van der Waals surface area contributed by atoms with Crippen LogP contribution in [0.5, 0.6) is 5.75 Å². The van der Waals surface area contributed by atoms with Crippen molar-refractivity contribution in [2.75, 3.05) is 7.11 Å². The number of halogens is 1. The summed E-state index contributed by atoms with van der Waals surface area (Å²) in [5.41, 5.74) is 1.56. The number of nitrogens with zero attached hydrogens (tertiary/aromatic N) is 1. The van der Waals surface area contributed by atoms with Crippen LogP contribution in [0.2, 0.25) is 0 Å². The lowest BCUT2D eigenvalue weighted by atomic mass is 10.1. The van der Waals surface area contributed by atoms with Crippen LogP contribution in [0.25, 0.3) is 11.6 Å². The number of ether oxygens (including phenoxy) is 1. The van der Waals surface area contributed by atoms with Gasteiger partial charge in [-0.3, -0.25) is 0 Å². The first-order valence-corrected chi connectivity index (χ1v) is 6.42. The first kappa shape index (κ1) is 14.5. The third-order valence-corrected chi connectivity index (χ3v) is 2.95. The second kappa shape index (κ2) is 7.06. The largest absolute Gasteiger partial charge is 0.497 e. The highest BCUT2D eigenvalue weighted by Crippen LogP contribution is 2.18. The fourth-order valence-electron chi connectivity index (χ4n) is 1.84. The molecule has 0 aliphatic rings. The Hall–Kier alpha value is -2.86. The maximum absolute atomic E-state index is 13.6. The van der Waals surface area contributed by atoms with Crippen molar-refractivity contribution in [3.8, 4) is 11.8 Å². The van der Waals surface area contributed by atoms with Crippen molar-refractivity contribution < 1.29 is 9.13 Å². The first-order valence-electron chi connectivity index (χ1n) is 6.42. The van der Waals surface area contributed by atoms with E-state index in [0.29, 0.717) is 5.56 Å². The molecule has 2 nitrogen and oxygen atoms in total. The summed E-state index contributed by atoms with van der Waals surface area (Å²) >= 11 is 0. The van der Waals surface area contributed by atoms with Crippen LogP contribution >= 0.6 is 0 Å². The summed E-state index contributed by atoms with van der Waals surface area (Å²) in [6.07, 6.45) is 5.17. The van der Waals surface area contributed by atoms with E-state index in [9.17, 15) is 4.39 Å². The molecular weight excluding hydrogens is 265 g/mol. The van der Waals surface area contributed by atoms with E-state index < -0.39 is 5.82 Å². The van der Waals surface area contributed by atoms with Gasteiger partial charge in [0.1, 0.15) is 11.6 Å². The van der Waals surface area contributed by atoms with Gasteiger partial charge in [0.15, 0.2) is 0 Å². The number of methoxy groups -OCH3 is 1. The summed E-state index contributed by atoms with van der Waals surface area (Å²) in [5.74, 6) is 0.384. The highest BCUT2D eigenvalue weighted by Gasteiger charge is 2.04. The molecule has 0 radical (unpaired) electrons. The van der Waals surface area contributed by atoms with E-state index in [1.807, 2.05) is 36.4 Å². The second-order valence-electron chi connectivity index (χ2n) is 4.30. The van der Waals surface area contributed by atoms with Crippen LogP contribution in [-0.4, -0.2) is 7.11 Å². The summed E-state index contributed by atoms with van der Waals surface area (Å²) in [6, 6.07) is 15.8. The minimum Gasteiger partial charge on any atom is -0.497 e. The summed E-state index contributed by atoms with van der Waals surface area (Å²) in [5, 5.41) is 9.13. The fourth-order valence-corrected chi connectivity index (χ4v) is 1.84. The quantitative estimate of drug-likeness (QED) is 0.611. The van der Waals surface area contributed by atoms with Gasteiger partial charge in [-0.05, 0) is 29.8 Å². The Kier molecular flexibility index (Phi) is 4.89. The molecule has 3 heteroatoms. The van der Waals surface area contributed by atoms with E-state index in [-0.39, 0.29) is 5.57 Å². The van der Waals surface area contributed by atoms with Gasteiger partial charge >= 0.3 is 0 Å².